The number of rotatable bonds is 2. The third kappa shape index (κ3) is 3.01. The van der Waals surface area contributed by atoms with E-state index in [1.807, 2.05) is 24.4 Å². The normalized spacial score (nSPS) is 23.1. The molecule has 1 atom stereocenters. The third-order valence-electron chi connectivity index (χ3n) is 6.79. The summed E-state index contributed by atoms with van der Waals surface area (Å²) in [5.74, 6) is 1.42. The number of allylic oxidation sites excluding steroid dienone is 1. The van der Waals surface area contributed by atoms with Crippen LogP contribution in [0.3, 0.4) is 0 Å². The van der Waals surface area contributed by atoms with E-state index in [-0.39, 0.29) is 11.3 Å². The minimum atomic E-state index is 0.0937. The fourth-order valence-electron chi connectivity index (χ4n) is 5.18. The smallest absolute Gasteiger partial charge is 0.227 e. The van der Waals surface area contributed by atoms with Crippen LogP contribution in [0.2, 0.25) is 0 Å². The van der Waals surface area contributed by atoms with Gasteiger partial charge in [-0.05, 0) is 48.9 Å². The van der Waals surface area contributed by atoms with Crippen molar-refractivity contribution in [3.05, 3.63) is 65.9 Å². The Bertz CT molecular complexity index is 884. The van der Waals surface area contributed by atoms with Crippen LogP contribution >= 0.6 is 0 Å². The summed E-state index contributed by atoms with van der Waals surface area (Å²) in [6, 6.07) is 14.7. The molecule has 2 aliphatic heterocycles. The first kappa shape index (κ1) is 17.5. The van der Waals surface area contributed by atoms with E-state index in [9.17, 15) is 4.79 Å². The number of likely N-dealkylation sites (tertiary alicyclic amines) is 1. The highest BCUT2D eigenvalue weighted by Gasteiger charge is 2.40. The van der Waals surface area contributed by atoms with E-state index in [2.05, 4.69) is 51.2 Å². The van der Waals surface area contributed by atoms with Gasteiger partial charge < -0.3 is 9.80 Å². The van der Waals surface area contributed by atoms with Gasteiger partial charge in [-0.25, -0.2) is 4.98 Å². The van der Waals surface area contributed by atoms with Gasteiger partial charge in [-0.2, -0.15) is 0 Å². The molecule has 28 heavy (non-hydrogen) atoms. The van der Waals surface area contributed by atoms with Gasteiger partial charge in [-0.1, -0.05) is 42.5 Å². The van der Waals surface area contributed by atoms with Crippen LogP contribution in [0.1, 0.15) is 36.8 Å². The lowest BCUT2D eigenvalue weighted by Crippen LogP contribution is -2.49. The minimum Gasteiger partial charge on any atom is -0.356 e. The molecule has 144 valence electrons. The second kappa shape index (κ2) is 7.08. The molecule has 1 aliphatic carbocycles. The number of amides is 1. The van der Waals surface area contributed by atoms with Gasteiger partial charge in [0.05, 0.1) is 5.92 Å². The Labute approximate surface area is 166 Å². The average Bonchev–Trinajstić information content (AvgIpc) is 3.13. The molecule has 2 fully saturated rings. The van der Waals surface area contributed by atoms with Crippen molar-refractivity contribution in [1.82, 2.24) is 9.88 Å². The Morgan fingerprint density at radius 3 is 2.68 bits per heavy atom. The Morgan fingerprint density at radius 1 is 1.04 bits per heavy atom. The van der Waals surface area contributed by atoms with Gasteiger partial charge in [0, 0.05) is 37.8 Å². The van der Waals surface area contributed by atoms with Gasteiger partial charge in [-0.3, -0.25) is 4.79 Å². The summed E-state index contributed by atoms with van der Waals surface area (Å²) in [5, 5.41) is 0. The van der Waals surface area contributed by atoms with Crippen LogP contribution in [0.15, 0.2) is 54.7 Å². The zero-order chi connectivity index (χ0) is 19.0. The molecule has 1 aromatic carbocycles. The Morgan fingerprint density at radius 2 is 1.86 bits per heavy atom. The maximum absolute atomic E-state index is 13.2. The Kier molecular flexibility index (Phi) is 4.42. The quantitative estimate of drug-likeness (QED) is 0.801. The molecular formula is C24H27N3O. The molecule has 0 radical (unpaired) electrons. The summed E-state index contributed by atoms with van der Waals surface area (Å²) >= 11 is 0. The summed E-state index contributed by atoms with van der Waals surface area (Å²) in [6.07, 6.45) is 10.6. The molecule has 0 saturated carbocycles. The highest BCUT2D eigenvalue weighted by molar-refractivity contribution is 5.80. The minimum absolute atomic E-state index is 0.0937. The van der Waals surface area contributed by atoms with Crippen molar-refractivity contribution in [2.45, 2.75) is 31.1 Å². The van der Waals surface area contributed by atoms with Crippen LogP contribution in [0.5, 0.6) is 0 Å². The number of anilines is 1. The number of fused-ring (bicyclic) bond motifs is 2. The number of carbonyl (C=O) groups excluding carboxylic acids is 1. The number of carbonyl (C=O) groups is 1. The molecule has 0 N–H and O–H groups in total. The average molecular weight is 374 g/mol. The Balaban J connectivity index is 1.25. The van der Waals surface area contributed by atoms with Crippen molar-refractivity contribution < 1.29 is 4.79 Å². The zero-order valence-corrected chi connectivity index (χ0v) is 16.3. The van der Waals surface area contributed by atoms with Crippen LogP contribution < -0.4 is 4.90 Å². The van der Waals surface area contributed by atoms with Gasteiger partial charge in [0.25, 0.3) is 0 Å². The predicted molar refractivity (Wildman–Crippen MR) is 112 cm³/mol. The molecule has 3 heterocycles. The molecule has 1 spiro atoms. The summed E-state index contributed by atoms with van der Waals surface area (Å²) < 4.78 is 0. The van der Waals surface area contributed by atoms with Crippen molar-refractivity contribution in [1.29, 1.82) is 0 Å². The molecule has 1 amide bonds. The number of aromatic nitrogens is 1. The molecule has 2 aromatic rings. The third-order valence-corrected chi connectivity index (χ3v) is 6.79. The maximum atomic E-state index is 13.2. The lowest BCUT2D eigenvalue weighted by molar-refractivity contribution is -0.137. The molecule has 1 aromatic heterocycles. The first-order valence-corrected chi connectivity index (χ1v) is 10.5. The first-order valence-electron chi connectivity index (χ1n) is 10.5. The van der Waals surface area contributed by atoms with Gasteiger partial charge in [-0.15, -0.1) is 0 Å². The van der Waals surface area contributed by atoms with Crippen molar-refractivity contribution in [2.75, 3.05) is 31.1 Å². The van der Waals surface area contributed by atoms with E-state index in [1.165, 1.54) is 11.1 Å². The fourth-order valence-corrected chi connectivity index (χ4v) is 5.18. The second-order valence-corrected chi connectivity index (χ2v) is 8.38. The van der Waals surface area contributed by atoms with E-state index < -0.39 is 0 Å². The van der Waals surface area contributed by atoms with E-state index in [4.69, 9.17) is 0 Å². The van der Waals surface area contributed by atoms with Gasteiger partial charge in [0.1, 0.15) is 5.82 Å². The van der Waals surface area contributed by atoms with Gasteiger partial charge >= 0.3 is 0 Å². The molecule has 2 saturated heterocycles. The lowest BCUT2D eigenvalue weighted by Gasteiger charge is -2.42. The second-order valence-electron chi connectivity index (χ2n) is 8.38. The van der Waals surface area contributed by atoms with Crippen molar-refractivity contribution >= 4 is 17.8 Å². The monoisotopic (exact) mass is 373 g/mol. The number of nitrogens with zero attached hydrogens (tertiary/aromatic N) is 3. The highest BCUT2D eigenvalue weighted by atomic mass is 16.2. The molecule has 4 nitrogen and oxygen atoms in total. The van der Waals surface area contributed by atoms with Crippen LogP contribution in [0.4, 0.5) is 5.82 Å². The summed E-state index contributed by atoms with van der Waals surface area (Å²) in [5.41, 5.74) is 2.93. The van der Waals surface area contributed by atoms with Crippen molar-refractivity contribution in [3.63, 3.8) is 0 Å². The fraction of sp³-hybridized carbons (Fsp3) is 0.417. The summed E-state index contributed by atoms with van der Waals surface area (Å²) in [7, 11) is 0. The predicted octanol–water partition coefficient (Wildman–Crippen LogP) is 3.89. The molecular weight excluding hydrogens is 346 g/mol. The first-order chi connectivity index (χ1) is 13.8. The molecule has 4 heteroatoms. The molecule has 3 aliphatic rings. The van der Waals surface area contributed by atoms with E-state index in [0.717, 1.165) is 57.7 Å². The SMILES string of the molecule is O=C([C@H]1CCCN(c2ccccn2)C1)N1CCC2(C=Cc3ccccc32)CC1. The number of piperidine rings is 2. The number of hydrogen-bond acceptors (Lipinski definition) is 3. The molecule has 0 bridgehead atoms. The van der Waals surface area contributed by atoms with Crippen LogP contribution in [0, 0.1) is 5.92 Å². The standard InChI is InChI=1S/C24H27N3O/c28-23(20-7-5-15-27(18-20)22-9-3-4-14-25-22)26-16-12-24(13-17-26)11-10-19-6-1-2-8-21(19)24/h1-4,6,8-11,14,20H,5,7,12-13,15-18H2/t20-/m0/s1. The maximum Gasteiger partial charge on any atom is 0.227 e. The van der Waals surface area contributed by atoms with E-state index >= 15 is 0 Å². The topological polar surface area (TPSA) is 36.4 Å². The molecule has 0 unspecified atom stereocenters. The van der Waals surface area contributed by atoms with Gasteiger partial charge in [0.15, 0.2) is 0 Å². The lowest BCUT2D eigenvalue weighted by atomic mass is 9.74. The Hall–Kier alpha value is -2.62. The highest BCUT2D eigenvalue weighted by Crippen LogP contribution is 2.43. The van der Waals surface area contributed by atoms with Crippen molar-refractivity contribution in [3.8, 4) is 0 Å². The number of pyridine rings is 1. The van der Waals surface area contributed by atoms with Crippen LogP contribution in [0.25, 0.3) is 6.08 Å². The van der Waals surface area contributed by atoms with Gasteiger partial charge in [0.2, 0.25) is 5.91 Å². The number of benzene rings is 1. The molecule has 5 rings (SSSR count). The largest absolute Gasteiger partial charge is 0.356 e. The summed E-state index contributed by atoms with van der Waals surface area (Å²) in [6.45, 7) is 3.50. The number of hydrogen-bond donors (Lipinski definition) is 0. The zero-order valence-electron chi connectivity index (χ0n) is 16.3. The summed E-state index contributed by atoms with van der Waals surface area (Å²) in [4.78, 5) is 22.1. The van der Waals surface area contributed by atoms with E-state index in [0.29, 0.717) is 5.91 Å². The van der Waals surface area contributed by atoms with Crippen LogP contribution in [-0.4, -0.2) is 42.0 Å². The van der Waals surface area contributed by atoms with E-state index in [1.54, 1.807) is 0 Å². The van der Waals surface area contributed by atoms with Crippen molar-refractivity contribution in [2.24, 2.45) is 5.92 Å². The van der Waals surface area contributed by atoms with Crippen LogP contribution in [-0.2, 0) is 10.2 Å².